The Morgan fingerprint density at radius 1 is 0.714 bits per heavy atom. The average Bonchev–Trinajstić information content (AvgIpc) is 2.74. The zero-order valence-electron chi connectivity index (χ0n) is 15.3. The maximum Gasteiger partial charge on any atom is 0.337 e. The van der Waals surface area contributed by atoms with Crippen molar-refractivity contribution in [2.75, 3.05) is 14.2 Å². The Balaban J connectivity index is 2.59. The fourth-order valence-electron chi connectivity index (χ4n) is 2.62. The van der Waals surface area contributed by atoms with Crippen LogP contribution in [0, 0.1) is 0 Å². The molecule has 0 spiro atoms. The summed E-state index contributed by atoms with van der Waals surface area (Å²) in [7, 11) is 2.47. The lowest BCUT2D eigenvalue weighted by atomic mass is 9.96. The minimum Gasteiger partial charge on any atom is -0.465 e. The summed E-state index contributed by atoms with van der Waals surface area (Å²) < 4.78 is 19.1. The molecule has 0 fully saturated rings. The molecule has 0 atom stereocenters. The van der Waals surface area contributed by atoms with Crippen LogP contribution in [-0.2, 0) is 41.8 Å². The molecule has 28 heavy (non-hydrogen) atoms. The molecule has 0 heterocycles. The second-order valence-electron chi connectivity index (χ2n) is 5.63. The van der Waals surface area contributed by atoms with Gasteiger partial charge in [-0.2, -0.15) is 0 Å². The van der Waals surface area contributed by atoms with Crippen LogP contribution in [0.4, 0.5) is 0 Å². The Kier molecular flexibility index (Phi) is 7.27. The van der Waals surface area contributed by atoms with Crippen molar-refractivity contribution in [3.8, 4) is 11.1 Å². The van der Waals surface area contributed by atoms with Gasteiger partial charge in [-0.3, -0.25) is 9.59 Å². The first-order chi connectivity index (χ1) is 13.5. The van der Waals surface area contributed by atoms with Crippen molar-refractivity contribution in [2.45, 2.75) is 13.2 Å². The highest BCUT2D eigenvalue weighted by Gasteiger charge is 2.15. The second-order valence-corrected chi connectivity index (χ2v) is 5.63. The molecule has 0 N–H and O–H groups in total. The highest BCUT2D eigenvalue weighted by atomic mass is 16.5. The molecule has 2 rings (SSSR count). The van der Waals surface area contributed by atoms with Crippen LogP contribution in [0.3, 0.4) is 0 Å². The van der Waals surface area contributed by atoms with Crippen molar-refractivity contribution in [3.63, 3.8) is 0 Å². The maximum absolute atomic E-state index is 12.0. The van der Waals surface area contributed by atoms with E-state index in [0.717, 1.165) is 0 Å². The summed E-state index contributed by atoms with van der Waals surface area (Å²) in [6.45, 7) is 0.654. The summed E-state index contributed by atoms with van der Waals surface area (Å²) in [5, 5.41) is 0. The maximum atomic E-state index is 12.0. The molecule has 2 aromatic carbocycles. The summed E-state index contributed by atoms with van der Waals surface area (Å²) in [5.41, 5.74) is 2.76. The first-order valence-corrected chi connectivity index (χ1v) is 8.07. The van der Waals surface area contributed by atoms with Crippen molar-refractivity contribution in [1.29, 1.82) is 0 Å². The van der Waals surface area contributed by atoms with Crippen molar-refractivity contribution >= 4 is 24.9 Å². The van der Waals surface area contributed by atoms with Crippen LogP contribution >= 0.6 is 0 Å². The zero-order valence-corrected chi connectivity index (χ0v) is 15.3. The van der Waals surface area contributed by atoms with E-state index in [1.807, 2.05) is 0 Å². The Bertz CT molecular complexity index is 823. The van der Waals surface area contributed by atoms with Gasteiger partial charge < -0.3 is 18.9 Å². The van der Waals surface area contributed by atoms with Crippen LogP contribution in [0.2, 0.25) is 0 Å². The number of carbonyl (C=O) groups is 4. The zero-order chi connectivity index (χ0) is 20.5. The molecule has 0 bridgehead atoms. The number of methoxy groups -OCH3 is 2. The third kappa shape index (κ3) is 5.16. The van der Waals surface area contributed by atoms with Gasteiger partial charge in [-0.05, 0) is 58.7 Å². The minimum absolute atomic E-state index is 0.00593. The first kappa shape index (κ1) is 20.6. The first-order valence-electron chi connectivity index (χ1n) is 8.07. The Morgan fingerprint density at radius 2 is 1.14 bits per heavy atom. The molecular weight excluding hydrogens is 368 g/mol. The van der Waals surface area contributed by atoms with E-state index in [1.165, 1.54) is 20.3 Å². The number of carbonyl (C=O) groups excluding carboxylic acids is 4. The molecule has 0 aliphatic carbocycles. The van der Waals surface area contributed by atoms with Gasteiger partial charge in [-0.1, -0.05) is 0 Å². The fourth-order valence-corrected chi connectivity index (χ4v) is 2.62. The largest absolute Gasteiger partial charge is 0.465 e. The molecular formula is C20H18O8. The van der Waals surface area contributed by atoms with Crippen LogP contribution in [0.25, 0.3) is 11.1 Å². The van der Waals surface area contributed by atoms with Gasteiger partial charge in [0.25, 0.3) is 12.9 Å². The molecule has 2 aromatic rings. The number of benzene rings is 2. The topological polar surface area (TPSA) is 105 Å². The van der Waals surface area contributed by atoms with Crippen molar-refractivity contribution < 1.29 is 38.1 Å². The van der Waals surface area contributed by atoms with Gasteiger partial charge in [0.1, 0.15) is 13.2 Å². The average molecular weight is 386 g/mol. The Labute approximate surface area is 161 Å². The van der Waals surface area contributed by atoms with Gasteiger partial charge in [0, 0.05) is 0 Å². The molecule has 0 aromatic heterocycles. The van der Waals surface area contributed by atoms with Crippen LogP contribution in [0.5, 0.6) is 0 Å². The molecule has 8 heteroatoms. The summed E-state index contributed by atoms with van der Waals surface area (Å²) in [6, 6.07) is 9.65. The van der Waals surface area contributed by atoms with E-state index in [0.29, 0.717) is 35.2 Å². The number of esters is 2. The number of ether oxygens (including phenoxy) is 4. The van der Waals surface area contributed by atoms with Gasteiger partial charge >= 0.3 is 11.9 Å². The third-order valence-electron chi connectivity index (χ3n) is 3.80. The predicted octanol–water partition coefficient (Wildman–Crippen LogP) is 2.27. The number of hydrogen-bond acceptors (Lipinski definition) is 8. The molecule has 0 unspecified atom stereocenters. The van der Waals surface area contributed by atoms with Crippen LogP contribution in [0.1, 0.15) is 31.8 Å². The lowest BCUT2D eigenvalue weighted by molar-refractivity contribution is -0.130. The van der Waals surface area contributed by atoms with Crippen molar-refractivity contribution in [3.05, 3.63) is 58.7 Å². The quantitative estimate of drug-likeness (QED) is 0.367. The van der Waals surface area contributed by atoms with Crippen LogP contribution < -0.4 is 0 Å². The molecule has 0 radical (unpaired) electrons. The number of rotatable bonds is 9. The van der Waals surface area contributed by atoms with Crippen molar-refractivity contribution in [2.24, 2.45) is 0 Å². The smallest absolute Gasteiger partial charge is 0.337 e. The lowest BCUT2D eigenvalue weighted by Gasteiger charge is -2.12. The molecule has 0 aliphatic rings. The molecule has 0 saturated heterocycles. The third-order valence-corrected chi connectivity index (χ3v) is 3.80. The molecule has 0 aliphatic heterocycles. The molecule has 0 saturated carbocycles. The summed E-state index contributed by atoms with van der Waals surface area (Å²) in [6.07, 6.45) is 0. The monoisotopic (exact) mass is 386 g/mol. The van der Waals surface area contributed by atoms with Gasteiger partial charge in [-0.15, -0.1) is 0 Å². The SMILES string of the molecule is COC(=O)c1cc(C(=O)OC)cc(-c2cc(COC=O)cc(COC=O)c2)c1. The van der Waals surface area contributed by atoms with E-state index >= 15 is 0 Å². The van der Waals surface area contributed by atoms with E-state index < -0.39 is 11.9 Å². The summed E-state index contributed by atoms with van der Waals surface area (Å²) in [4.78, 5) is 45.0. The highest BCUT2D eigenvalue weighted by molar-refractivity contribution is 5.97. The van der Waals surface area contributed by atoms with Gasteiger partial charge in [0.15, 0.2) is 0 Å². The van der Waals surface area contributed by atoms with Gasteiger partial charge in [0.05, 0.1) is 25.3 Å². The highest BCUT2D eigenvalue weighted by Crippen LogP contribution is 2.26. The predicted molar refractivity (Wildman–Crippen MR) is 96.3 cm³/mol. The molecule has 146 valence electrons. The van der Waals surface area contributed by atoms with E-state index in [4.69, 9.17) is 18.9 Å². The standard InChI is InChI=1S/C20H18O8/c1-25-19(23)17-6-16(7-18(8-17)20(24)26-2)15-4-13(9-27-11-21)3-14(5-15)10-28-12-22/h3-8,11-12H,9-10H2,1-2H3. The normalized spacial score (nSPS) is 9.93. The van der Waals surface area contributed by atoms with Crippen LogP contribution in [-0.4, -0.2) is 39.1 Å². The van der Waals surface area contributed by atoms with Crippen molar-refractivity contribution in [1.82, 2.24) is 0 Å². The Hall–Kier alpha value is -3.68. The van der Waals surface area contributed by atoms with Crippen LogP contribution in [0.15, 0.2) is 36.4 Å². The summed E-state index contributed by atoms with van der Waals surface area (Å²) >= 11 is 0. The minimum atomic E-state index is -0.614. The number of hydrogen-bond donors (Lipinski definition) is 0. The Morgan fingerprint density at radius 3 is 1.54 bits per heavy atom. The molecule has 0 amide bonds. The van der Waals surface area contributed by atoms with Gasteiger partial charge in [0.2, 0.25) is 0 Å². The summed E-state index contributed by atoms with van der Waals surface area (Å²) in [5.74, 6) is -1.23. The van der Waals surface area contributed by atoms with E-state index in [9.17, 15) is 19.2 Å². The van der Waals surface area contributed by atoms with E-state index in [-0.39, 0.29) is 24.3 Å². The molecule has 8 nitrogen and oxygen atoms in total. The van der Waals surface area contributed by atoms with Gasteiger partial charge in [-0.25, -0.2) is 9.59 Å². The fraction of sp³-hybridized carbons (Fsp3) is 0.200. The lowest BCUT2D eigenvalue weighted by Crippen LogP contribution is -2.07. The second kappa shape index (κ2) is 9.86. The van der Waals surface area contributed by atoms with E-state index in [1.54, 1.807) is 30.3 Å². The van der Waals surface area contributed by atoms with E-state index in [2.05, 4.69) is 0 Å².